The number of ketones is 1. The van der Waals surface area contributed by atoms with E-state index in [2.05, 4.69) is 24.9 Å². The summed E-state index contributed by atoms with van der Waals surface area (Å²) in [6, 6.07) is 16.2. The number of hydrogen-bond donors (Lipinski definition) is 0. The fourth-order valence-corrected chi connectivity index (χ4v) is 4.86. The third-order valence-electron chi connectivity index (χ3n) is 6.96. The first kappa shape index (κ1) is 26.6. The maximum atomic E-state index is 13.4. The molecule has 0 N–H and O–H groups in total. The summed E-state index contributed by atoms with van der Waals surface area (Å²) in [5.41, 5.74) is 3.04. The fraction of sp³-hybridized carbons (Fsp3) is 0.452. The second-order valence-corrected chi connectivity index (χ2v) is 10.1. The lowest BCUT2D eigenvalue weighted by molar-refractivity contribution is -0.149. The highest BCUT2D eigenvalue weighted by atomic mass is 16.5. The molecular formula is C31H39NO3. The molecule has 4 rings (SSSR count). The minimum atomic E-state index is -0.134. The van der Waals surface area contributed by atoms with Gasteiger partial charge in [0.1, 0.15) is 12.4 Å². The average Bonchev–Trinajstić information content (AvgIpc) is 3.38. The van der Waals surface area contributed by atoms with Crippen LogP contribution in [0.1, 0.15) is 82.4 Å². The van der Waals surface area contributed by atoms with Crippen molar-refractivity contribution in [1.82, 2.24) is 4.98 Å². The molecular weight excluding hydrogens is 434 g/mol. The Morgan fingerprint density at radius 1 is 0.943 bits per heavy atom. The van der Waals surface area contributed by atoms with Crippen LogP contribution < -0.4 is 0 Å². The smallest absolute Gasteiger partial charge is 0.309 e. The summed E-state index contributed by atoms with van der Waals surface area (Å²) in [6.07, 6.45) is 10.0. The van der Waals surface area contributed by atoms with Crippen LogP contribution >= 0.6 is 0 Å². The molecule has 35 heavy (non-hydrogen) atoms. The summed E-state index contributed by atoms with van der Waals surface area (Å²) in [4.78, 5) is 29.8. The van der Waals surface area contributed by atoms with Crippen molar-refractivity contribution in [2.24, 2.45) is 11.8 Å². The number of fused-ring (bicyclic) bond motifs is 1. The first-order chi connectivity index (χ1) is 16.5. The Morgan fingerprint density at radius 2 is 1.66 bits per heavy atom. The van der Waals surface area contributed by atoms with Crippen LogP contribution in [0.25, 0.3) is 10.8 Å². The molecule has 0 saturated heterocycles. The lowest BCUT2D eigenvalue weighted by Gasteiger charge is -2.18. The average molecular weight is 474 g/mol. The Kier molecular flexibility index (Phi) is 9.59. The van der Waals surface area contributed by atoms with Gasteiger partial charge >= 0.3 is 5.97 Å². The van der Waals surface area contributed by atoms with Crippen molar-refractivity contribution in [2.45, 2.75) is 78.7 Å². The highest BCUT2D eigenvalue weighted by molar-refractivity contribution is 5.89. The van der Waals surface area contributed by atoms with E-state index in [4.69, 9.17) is 4.74 Å². The minimum absolute atomic E-state index is 0. The second kappa shape index (κ2) is 12.6. The van der Waals surface area contributed by atoms with Gasteiger partial charge in [0.2, 0.25) is 0 Å². The van der Waals surface area contributed by atoms with Crippen LogP contribution in [0.15, 0.2) is 60.9 Å². The SMILES string of the molecule is C.CC(C)CCC(C(=O)Cc1ccc2cnccc2c1)c1ccc(COC(=O)C2CCCC2)cc1. The van der Waals surface area contributed by atoms with E-state index in [1.807, 2.05) is 48.7 Å². The molecule has 3 aromatic rings. The van der Waals surface area contributed by atoms with Crippen molar-refractivity contribution < 1.29 is 14.3 Å². The number of benzene rings is 2. The topological polar surface area (TPSA) is 56.3 Å². The Bertz CT molecular complexity index is 1110. The maximum absolute atomic E-state index is 13.4. The zero-order chi connectivity index (χ0) is 23.9. The predicted octanol–water partition coefficient (Wildman–Crippen LogP) is 7.44. The molecule has 1 aliphatic carbocycles. The Morgan fingerprint density at radius 3 is 2.37 bits per heavy atom. The Balaban J connectivity index is 0.00000342. The summed E-state index contributed by atoms with van der Waals surface area (Å²) >= 11 is 0. The number of hydrogen-bond acceptors (Lipinski definition) is 4. The summed E-state index contributed by atoms with van der Waals surface area (Å²) in [7, 11) is 0. The number of aromatic nitrogens is 1. The molecule has 4 nitrogen and oxygen atoms in total. The van der Waals surface area contributed by atoms with E-state index >= 15 is 0 Å². The van der Waals surface area contributed by atoms with Gasteiger partial charge in [0.15, 0.2) is 0 Å². The molecule has 0 aliphatic heterocycles. The van der Waals surface area contributed by atoms with Crippen LogP contribution in [0.5, 0.6) is 0 Å². The monoisotopic (exact) mass is 473 g/mol. The third kappa shape index (κ3) is 7.24. The summed E-state index contributed by atoms with van der Waals surface area (Å²) in [5.74, 6) is 0.652. The van der Waals surface area contributed by atoms with E-state index in [0.29, 0.717) is 18.9 Å². The van der Waals surface area contributed by atoms with Crippen molar-refractivity contribution in [3.8, 4) is 0 Å². The number of carbonyl (C=O) groups excluding carboxylic acids is 2. The van der Waals surface area contributed by atoms with Crippen molar-refractivity contribution in [3.63, 3.8) is 0 Å². The van der Waals surface area contributed by atoms with Gasteiger partial charge in [-0.2, -0.15) is 0 Å². The van der Waals surface area contributed by atoms with Crippen molar-refractivity contribution >= 4 is 22.5 Å². The molecule has 4 heteroatoms. The lowest BCUT2D eigenvalue weighted by atomic mass is 9.85. The van der Waals surface area contributed by atoms with E-state index in [1.165, 1.54) is 0 Å². The van der Waals surface area contributed by atoms with Gasteiger partial charge in [-0.3, -0.25) is 14.6 Å². The van der Waals surface area contributed by atoms with Crippen LogP contribution in [-0.4, -0.2) is 16.7 Å². The molecule has 1 fully saturated rings. The largest absolute Gasteiger partial charge is 0.461 e. The highest BCUT2D eigenvalue weighted by Crippen LogP contribution is 2.28. The van der Waals surface area contributed by atoms with Gasteiger partial charge in [0.05, 0.1) is 5.92 Å². The van der Waals surface area contributed by atoms with Gasteiger partial charge in [-0.25, -0.2) is 0 Å². The molecule has 0 amide bonds. The number of rotatable bonds is 10. The van der Waals surface area contributed by atoms with Gasteiger partial charge in [-0.1, -0.05) is 76.6 Å². The number of esters is 1. The molecule has 0 spiro atoms. The molecule has 1 saturated carbocycles. The predicted molar refractivity (Wildman–Crippen MR) is 142 cm³/mol. The number of ether oxygens (including phenoxy) is 1. The summed E-state index contributed by atoms with van der Waals surface area (Å²) in [6.45, 7) is 4.69. The van der Waals surface area contributed by atoms with Crippen molar-refractivity contribution in [2.75, 3.05) is 0 Å². The highest BCUT2D eigenvalue weighted by Gasteiger charge is 2.24. The first-order valence-corrected chi connectivity index (χ1v) is 12.6. The first-order valence-electron chi connectivity index (χ1n) is 12.6. The van der Waals surface area contributed by atoms with Gasteiger partial charge in [0, 0.05) is 30.1 Å². The van der Waals surface area contributed by atoms with Crippen molar-refractivity contribution in [3.05, 3.63) is 77.6 Å². The molecule has 186 valence electrons. The van der Waals surface area contributed by atoms with Gasteiger partial charge in [0.25, 0.3) is 0 Å². The Hall–Kier alpha value is -3.01. The molecule has 1 aliphatic rings. The number of Topliss-reactive ketones (excluding diaryl/α,β-unsaturated/α-hetero) is 1. The van der Waals surface area contributed by atoms with Crippen LogP contribution in [0.3, 0.4) is 0 Å². The number of nitrogens with zero attached hydrogens (tertiary/aromatic N) is 1. The Labute approximate surface area is 210 Å². The second-order valence-electron chi connectivity index (χ2n) is 10.1. The van der Waals surface area contributed by atoms with Crippen LogP contribution in [0.2, 0.25) is 0 Å². The maximum Gasteiger partial charge on any atom is 0.309 e. The minimum Gasteiger partial charge on any atom is -0.461 e. The van der Waals surface area contributed by atoms with Gasteiger partial charge < -0.3 is 4.74 Å². The molecule has 2 aromatic carbocycles. The van der Waals surface area contributed by atoms with E-state index in [9.17, 15) is 9.59 Å². The lowest BCUT2D eigenvalue weighted by Crippen LogP contribution is -2.16. The molecule has 1 heterocycles. The normalized spacial score (nSPS) is 14.6. The zero-order valence-corrected chi connectivity index (χ0v) is 20.3. The van der Waals surface area contributed by atoms with E-state index < -0.39 is 0 Å². The standard InChI is InChI=1S/C30H35NO3.CH4/c1-21(2)7-14-28(29(32)18-23-10-13-27-19-31-16-15-26(27)17-23)24-11-8-22(9-12-24)20-34-30(33)25-5-3-4-6-25;/h8-13,15-17,19,21,25,28H,3-7,14,18,20H2,1-2H3;1H4. The number of pyridine rings is 1. The van der Waals surface area contributed by atoms with Gasteiger partial charge in [-0.15, -0.1) is 0 Å². The molecule has 1 unspecified atom stereocenters. The quantitative estimate of drug-likeness (QED) is 0.287. The van der Waals surface area contributed by atoms with Crippen LogP contribution in [-0.2, 0) is 27.4 Å². The van der Waals surface area contributed by atoms with Gasteiger partial charge in [-0.05, 0) is 59.7 Å². The van der Waals surface area contributed by atoms with E-state index in [1.54, 1.807) is 6.20 Å². The molecule has 1 aromatic heterocycles. The third-order valence-corrected chi connectivity index (χ3v) is 6.96. The zero-order valence-electron chi connectivity index (χ0n) is 20.3. The molecule has 0 bridgehead atoms. The molecule has 0 radical (unpaired) electrons. The van der Waals surface area contributed by atoms with E-state index in [-0.39, 0.29) is 31.0 Å². The fourth-order valence-electron chi connectivity index (χ4n) is 4.86. The van der Waals surface area contributed by atoms with E-state index in [0.717, 1.165) is 66.0 Å². The molecule has 1 atom stereocenters. The van der Waals surface area contributed by atoms with Crippen LogP contribution in [0, 0.1) is 11.8 Å². The number of carbonyl (C=O) groups is 2. The van der Waals surface area contributed by atoms with Crippen molar-refractivity contribution in [1.29, 1.82) is 0 Å². The van der Waals surface area contributed by atoms with Crippen LogP contribution in [0.4, 0.5) is 0 Å². The summed E-state index contributed by atoms with van der Waals surface area (Å²) < 4.78 is 5.54. The summed E-state index contributed by atoms with van der Waals surface area (Å²) in [5, 5.41) is 2.19.